The molecular weight excluding hydrogens is 304 g/mol. The minimum absolute atomic E-state index is 0.148. The molecule has 6 nitrogen and oxygen atoms in total. The topological polar surface area (TPSA) is 62.5 Å². The third-order valence-electron chi connectivity index (χ3n) is 4.76. The van der Waals surface area contributed by atoms with Gasteiger partial charge in [-0.1, -0.05) is 0 Å². The molecule has 1 aliphatic rings. The SMILES string of the molecule is Cc1cc([N+](=O)[O-])ccc1N1CCN(c2nccc(C)c2C)CC1. The molecule has 6 heteroatoms. The number of aryl methyl sites for hydroxylation is 2. The van der Waals surface area contributed by atoms with E-state index in [-0.39, 0.29) is 10.6 Å². The molecule has 1 fully saturated rings. The third-order valence-corrected chi connectivity index (χ3v) is 4.76. The van der Waals surface area contributed by atoms with Crippen LogP contribution < -0.4 is 9.80 Å². The molecule has 0 aliphatic carbocycles. The van der Waals surface area contributed by atoms with E-state index < -0.39 is 0 Å². The Morgan fingerprint density at radius 2 is 1.67 bits per heavy atom. The van der Waals surface area contributed by atoms with Crippen LogP contribution in [0.2, 0.25) is 0 Å². The Hall–Kier alpha value is -2.63. The molecule has 1 aromatic heterocycles. The molecule has 1 aliphatic heterocycles. The van der Waals surface area contributed by atoms with Crippen molar-refractivity contribution >= 4 is 17.2 Å². The van der Waals surface area contributed by atoms with Crippen LogP contribution in [0.4, 0.5) is 17.2 Å². The van der Waals surface area contributed by atoms with Crippen molar-refractivity contribution < 1.29 is 4.92 Å². The molecule has 24 heavy (non-hydrogen) atoms. The summed E-state index contributed by atoms with van der Waals surface area (Å²) in [6, 6.07) is 7.13. The zero-order valence-electron chi connectivity index (χ0n) is 14.3. The van der Waals surface area contributed by atoms with Crippen LogP contribution in [0.3, 0.4) is 0 Å². The lowest BCUT2D eigenvalue weighted by atomic mass is 10.1. The fraction of sp³-hybridized carbons (Fsp3) is 0.389. The summed E-state index contributed by atoms with van der Waals surface area (Å²) in [6.45, 7) is 9.71. The van der Waals surface area contributed by atoms with E-state index in [1.807, 2.05) is 25.3 Å². The highest BCUT2D eigenvalue weighted by atomic mass is 16.6. The molecule has 2 aromatic rings. The minimum Gasteiger partial charge on any atom is -0.368 e. The molecule has 0 saturated carbocycles. The van der Waals surface area contributed by atoms with Gasteiger partial charge in [0.25, 0.3) is 5.69 Å². The molecule has 3 rings (SSSR count). The van der Waals surface area contributed by atoms with Crippen molar-refractivity contribution in [1.29, 1.82) is 0 Å². The first-order valence-electron chi connectivity index (χ1n) is 8.14. The van der Waals surface area contributed by atoms with Crippen LogP contribution in [0.15, 0.2) is 30.5 Å². The maximum atomic E-state index is 10.9. The van der Waals surface area contributed by atoms with Crippen molar-refractivity contribution in [2.75, 3.05) is 36.0 Å². The number of nitro groups is 1. The number of piperazine rings is 1. The maximum absolute atomic E-state index is 10.9. The quantitative estimate of drug-likeness (QED) is 0.640. The summed E-state index contributed by atoms with van der Waals surface area (Å²) >= 11 is 0. The molecule has 0 N–H and O–H groups in total. The fourth-order valence-electron chi connectivity index (χ4n) is 3.20. The predicted octanol–water partition coefficient (Wildman–Crippen LogP) is 3.24. The van der Waals surface area contributed by atoms with Gasteiger partial charge in [0.1, 0.15) is 5.82 Å². The first-order chi connectivity index (χ1) is 11.5. The summed E-state index contributed by atoms with van der Waals surface area (Å²) in [5.41, 5.74) is 4.66. The maximum Gasteiger partial charge on any atom is 0.269 e. The molecule has 0 atom stereocenters. The van der Waals surface area contributed by atoms with Crippen LogP contribution in [-0.4, -0.2) is 36.1 Å². The first-order valence-corrected chi connectivity index (χ1v) is 8.14. The molecule has 1 aromatic carbocycles. The van der Waals surface area contributed by atoms with Gasteiger partial charge in [-0.05, 0) is 49.6 Å². The van der Waals surface area contributed by atoms with Gasteiger partial charge in [0.2, 0.25) is 0 Å². The number of pyridine rings is 1. The Morgan fingerprint density at radius 1 is 1.00 bits per heavy atom. The van der Waals surface area contributed by atoms with Gasteiger partial charge in [0.15, 0.2) is 0 Å². The summed E-state index contributed by atoms with van der Waals surface area (Å²) < 4.78 is 0. The van der Waals surface area contributed by atoms with E-state index in [2.05, 4.69) is 28.6 Å². The number of nitro benzene ring substituents is 1. The van der Waals surface area contributed by atoms with Crippen molar-refractivity contribution in [3.8, 4) is 0 Å². The van der Waals surface area contributed by atoms with Crippen LogP contribution >= 0.6 is 0 Å². The highest BCUT2D eigenvalue weighted by molar-refractivity contribution is 5.59. The smallest absolute Gasteiger partial charge is 0.269 e. The number of anilines is 2. The van der Waals surface area contributed by atoms with Crippen LogP contribution in [0.5, 0.6) is 0 Å². The summed E-state index contributed by atoms with van der Waals surface area (Å²) in [5, 5.41) is 10.9. The van der Waals surface area contributed by atoms with Crippen LogP contribution in [0, 0.1) is 30.9 Å². The zero-order valence-corrected chi connectivity index (χ0v) is 14.3. The average molecular weight is 326 g/mol. The van der Waals surface area contributed by atoms with Gasteiger partial charge in [0.05, 0.1) is 4.92 Å². The average Bonchev–Trinajstić information content (AvgIpc) is 2.57. The second kappa shape index (κ2) is 6.47. The van der Waals surface area contributed by atoms with E-state index >= 15 is 0 Å². The molecule has 1 saturated heterocycles. The third kappa shape index (κ3) is 3.04. The summed E-state index contributed by atoms with van der Waals surface area (Å²) in [4.78, 5) is 19.7. The van der Waals surface area contributed by atoms with Crippen molar-refractivity contribution in [2.45, 2.75) is 20.8 Å². The molecule has 0 radical (unpaired) electrons. The van der Waals surface area contributed by atoms with Crippen LogP contribution in [0.1, 0.15) is 16.7 Å². The number of aromatic nitrogens is 1. The van der Waals surface area contributed by atoms with Gasteiger partial charge in [-0.2, -0.15) is 0 Å². The van der Waals surface area contributed by atoms with Gasteiger partial charge in [-0.25, -0.2) is 4.98 Å². The summed E-state index contributed by atoms with van der Waals surface area (Å²) in [6.07, 6.45) is 1.87. The Bertz CT molecular complexity index is 768. The van der Waals surface area contributed by atoms with Crippen LogP contribution in [0.25, 0.3) is 0 Å². The lowest BCUT2D eigenvalue weighted by molar-refractivity contribution is -0.384. The van der Waals surface area contributed by atoms with Gasteiger partial charge >= 0.3 is 0 Å². The van der Waals surface area contributed by atoms with Crippen LogP contribution in [-0.2, 0) is 0 Å². The van der Waals surface area contributed by atoms with E-state index in [1.54, 1.807) is 12.1 Å². The zero-order chi connectivity index (χ0) is 17.3. The minimum atomic E-state index is -0.346. The number of rotatable bonds is 3. The number of hydrogen-bond donors (Lipinski definition) is 0. The largest absolute Gasteiger partial charge is 0.368 e. The number of hydrogen-bond acceptors (Lipinski definition) is 5. The molecule has 0 amide bonds. The number of nitrogens with zero attached hydrogens (tertiary/aromatic N) is 4. The summed E-state index contributed by atoms with van der Waals surface area (Å²) in [5.74, 6) is 1.06. The van der Waals surface area contributed by atoms with E-state index in [4.69, 9.17) is 0 Å². The normalized spacial score (nSPS) is 14.8. The van der Waals surface area contributed by atoms with Gasteiger partial charge in [0, 0.05) is 50.2 Å². The molecule has 0 spiro atoms. The molecule has 0 unspecified atom stereocenters. The Balaban J connectivity index is 1.73. The second-order valence-electron chi connectivity index (χ2n) is 6.28. The first kappa shape index (κ1) is 16.2. The Labute approximate surface area is 141 Å². The molecule has 2 heterocycles. The van der Waals surface area contributed by atoms with Crippen molar-refractivity contribution in [3.63, 3.8) is 0 Å². The van der Waals surface area contributed by atoms with Gasteiger partial charge in [-0.3, -0.25) is 10.1 Å². The molecule has 126 valence electrons. The summed E-state index contributed by atoms with van der Waals surface area (Å²) in [7, 11) is 0. The molecule has 0 bridgehead atoms. The van der Waals surface area contributed by atoms with E-state index in [0.29, 0.717) is 0 Å². The van der Waals surface area contributed by atoms with Gasteiger partial charge < -0.3 is 9.80 Å². The Kier molecular flexibility index (Phi) is 4.38. The second-order valence-corrected chi connectivity index (χ2v) is 6.28. The van der Waals surface area contributed by atoms with Gasteiger partial charge in [-0.15, -0.1) is 0 Å². The fourth-order valence-corrected chi connectivity index (χ4v) is 3.20. The van der Waals surface area contributed by atoms with E-state index in [1.165, 1.54) is 11.1 Å². The van der Waals surface area contributed by atoms with E-state index in [9.17, 15) is 10.1 Å². The van der Waals surface area contributed by atoms with Crippen molar-refractivity contribution in [1.82, 2.24) is 4.98 Å². The highest BCUT2D eigenvalue weighted by Crippen LogP contribution is 2.27. The molecular formula is C18H22N4O2. The van der Waals surface area contributed by atoms with E-state index in [0.717, 1.165) is 43.2 Å². The Morgan fingerprint density at radius 3 is 2.29 bits per heavy atom. The highest BCUT2D eigenvalue weighted by Gasteiger charge is 2.21. The lowest BCUT2D eigenvalue weighted by Gasteiger charge is -2.38. The monoisotopic (exact) mass is 326 g/mol. The number of non-ortho nitro benzene ring substituents is 1. The lowest BCUT2D eigenvalue weighted by Crippen LogP contribution is -2.47. The number of benzene rings is 1. The van der Waals surface area contributed by atoms with Crippen molar-refractivity contribution in [2.24, 2.45) is 0 Å². The standard InChI is InChI=1S/C18H22N4O2/c1-13-6-7-19-18(15(13)3)21-10-8-20(9-11-21)17-5-4-16(22(23)24)12-14(17)2/h4-7,12H,8-11H2,1-3H3. The predicted molar refractivity (Wildman–Crippen MR) is 96.0 cm³/mol. The van der Waals surface area contributed by atoms with Crippen molar-refractivity contribution in [3.05, 3.63) is 57.3 Å².